The zero-order valence-electron chi connectivity index (χ0n) is 19.1. The van der Waals surface area contributed by atoms with Gasteiger partial charge in [-0.15, -0.1) is 0 Å². The number of aliphatic carboxylic acids is 1. The monoisotopic (exact) mass is 474 g/mol. The van der Waals surface area contributed by atoms with E-state index in [1.165, 1.54) is 14.7 Å². The molecule has 3 heterocycles. The van der Waals surface area contributed by atoms with Crippen molar-refractivity contribution in [3.8, 4) is 0 Å². The second-order valence-electron chi connectivity index (χ2n) is 7.81. The number of aromatic nitrogens is 4. The normalized spacial score (nSPS) is 14.1. The van der Waals surface area contributed by atoms with Crippen molar-refractivity contribution in [3.63, 3.8) is 0 Å². The first-order valence-corrected chi connectivity index (χ1v) is 10.5. The van der Waals surface area contributed by atoms with Gasteiger partial charge < -0.3 is 19.9 Å². The number of fused-ring (bicyclic) bond motifs is 1. The minimum absolute atomic E-state index is 0.249. The highest BCUT2D eigenvalue weighted by Crippen LogP contribution is 2.20. The summed E-state index contributed by atoms with van der Waals surface area (Å²) in [5, 5.41) is 10.5. The van der Waals surface area contributed by atoms with E-state index in [1.807, 2.05) is 25.3 Å². The number of allylic oxidation sites excluding steroid dienone is 2. The van der Waals surface area contributed by atoms with Gasteiger partial charge in [0, 0.05) is 46.3 Å². The summed E-state index contributed by atoms with van der Waals surface area (Å²) < 4.78 is 36.5. The van der Waals surface area contributed by atoms with E-state index in [0.29, 0.717) is 24.3 Å². The van der Waals surface area contributed by atoms with Crippen molar-refractivity contribution in [2.24, 2.45) is 7.05 Å². The van der Waals surface area contributed by atoms with E-state index in [2.05, 4.69) is 16.3 Å². The average molecular weight is 474 g/mol. The zero-order valence-corrected chi connectivity index (χ0v) is 19.1. The average Bonchev–Trinajstić information content (AvgIpc) is 3.14. The van der Waals surface area contributed by atoms with Crippen LogP contribution in [-0.4, -0.2) is 62.1 Å². The second-order valence-corrected chi connectivity index (χ2v) is 7.81. The third-order valence-corrected chi connectivity index (χ3v) is 4.98. The van der Waals surface area contributed by atoms with Crippen LogP contribution >= 0.6 is 0 Å². The molecule has 0 radical (unpaired) electrons. The first kappa shape index (κ1) is 26.2. The Hall–Kier alpha value is -3.09. The van der Waals surface area contributed by atoms with Gasteiger partial charge in [0.1, 0.15) is 0 Å². The van der Waals surface area contributed by atoms with Gasteiger partial charge in [0.2, 0.25) is 5.95 Å². The number of anilines is 1. The number of piperazine rings is 1. The van der Waals surface area contributed by atoms with Crippen LogP contribution in [0.25, 0.3) is 11.2 Å². The van der Waals surface area contributed by atoms with Crippen molar-refractivity contribution in [1.82, 2.24) is 24.0 Å². The largest absolute Gasteiger partial charge is 0.490 e. The molecule has 13 heteroatoms. The molecule has 0 unspecified atom stereocenters. The number of carboxylic acid groups (broad SMARTS) is 1. The van der Waals surface area contributed by atoms with Gasteiger partial charge >= 0.3 is 17.8 Å². The number of rotatable bonds is 5. The lowest BCUT2D eigenvalue weighted by Crippen LogP contribution is -2.44. The number of alkyl halides is 3. The number of aryl methyl sites for hydroxylation is 1. The van der Waals surface area contributed by atoms with Gasteiger partial charge in [0.25, 0.3) is 5.56 Å². The Morgan fingerprint density at radius 1 is 1.18 bits per heavy atom. The van der Waals surface area contributed by atoms with Crippen LogP contribution in [0.4, 0.5) is 19.1 Å². The van der Waals surface area contributed by atoms with E-state index < -0.39 is 12.1 Å². The summed E-state index contributed by atoms with van der Waals surface area (Å²) in [7, 11) is 1.69. The Morgan fingerprint density at radius 2 is 1.76 bits per heavy atom. The highest BCUT2D eigenvalue weighted by Gasteiger charge is 2.38. The van der Waals surface area contributed by atoms with Gasteiger partial charge in [-0.3, -0.25) is 13.9 Å². The standard InChI is InChI=1S/C18H28N6O2.C2HF3O2/c1-5-9-24-16(25)14-15(21(4)18(24)26)20-17(22-11-7-19-8-12-22)23(14)10-6-13(2)3;3-2(4,5)1(6)7/h6,19H,5,7-12H2,1-4H3;(H,6,7). The third-order valence-electron chi connectivity index (χ3n) is 4.98. The summed E-state index contributed by atoms with van der Waals surface area (Å²) in [5.41, 5.74) is 1.59. The summed E-state index contributed by atoms with van der Waals surface area (Å²) in [6.45, 7) is 10.4. The number of nitrogens with one attached hydrogen (secondary N) is 1. The molecule has 2 aromatic rings. The Labute approximate surface area is 187 Å². The molecule has 0 aromatic carbocycles. The van der Waals surface area contributed by atoms with E-state index in [4.69, 9.17) is 14.9 Å². The minimum Gasteiger partial charge on any atom is -0.475 e. The maximum Gasteiger partial charge on any atom is 0.490 e. The van der Waals surface area contributed by atoms with Crippen LogP contribution in [0.5, 0.6) is 0 Å². The number of carbonyl (C=O) groups is 1. The smallest absolute Gasteiger partial charge is 0.475 e. The molecule has 1 aliphatic rings. The van der Waals surface area contributed by atoms with E-state index in [9.17, 15) is 22.8 Å². The van der Waals surface area contributed by atoms with Crippen LogP contribution in [-0.2, 0) is 24.9 Å². The first-order chi connectivity index (χ1) is 15.4. The zero-order chi connectivity index (χ0) is 24.9. The molecule has 0 saturated carbocycles. The summed E-state index contributed by atoms with van der Waals surface area (Å²) in [6, 6.07) is 0. The molecule has 2 aromatic heterocycles. The van der Waals surface area contributed by atoms with Crippen molar-refractivity contribution >= 4 is 23.1 Å². The minimum atomic E-state index is -5.08. The predicted molar refractivity (Wildman–Crippen MR) is 118 cm³/mol. The van der Waals surface area contributed by atoms with Gasteiger partial charge in [-0.1, -0.05) is 18.6 Å². The van der Waals surface area contributed by atoms with E-state index in [0.717, 1.165) is 38.5 Å². The lowest BCUT2D eigenvalue weighted by Gasteiger charge is -2.28. The molecule has 10 nitrogen and oxygen atoms in total. The molecule has 0 spiro atoms. The topological polar surface area (TPSA) is 114 Å². The van der Waals surface area contributed by atoms with Crippen LogP contribution in [0, 0.1) is 0 Å². The quantitative estimate of drug-likeness (QED) is 0.628. The molecule has 0 bridgehead atoms. The number of hydrogen-bond donors (Lipinski definition) is 2. The van der Waals surface area contributed by atoms with Crippen molar-refractivity contribution in [3.05, 3.63) is 32.5 Å². The Bertz CT molecular complexity index is 1140. The molecule has 0 aliphatic carbocycles. The van der Waals surface area contributed by atoms with Gasteiger partial charge in [-0.05, 0) is 20.3 Å². The number of halogens is 3. The molecule has 1 aliphatic heterocycles. The predicted octanol–water partition coefficient (Wildman–Crippen LogP) is 1.32. The molecular weight excluding hydrogens is 445 g/mol. The van der Waals surface area contributed by atoms with Gasteiger partial charge in [0.15, 0.2) is 11.2 Å². The molecule has 1 fully saturated rings. The number of nitrogens with zero attached hydrogens (tertiary/aromatic N) is 5. The summed E-state index contributed by atoms with van der Waals surface area (Å²) in [5.74, 6) is -1.99. The first-order valence-electron chi connectivity index (χ1n) is 10.5. The molecule has 2 N–H and O–H groups in total. The van der Waals surface area contributed by atoms with Crippen LogP contribution in [0.1, 0.15) is 27.2 Å². The lowest BCUT2D eigenvalue weighted by atomic mass is 10.3. The molecule has 184 valence electrons. The van der Waals surface area contributed by atoms with Crippen LogP contribution in [0.15, 0.2) is 21.2 Å². The highest BCUT2D eigenvalue weighted by atomic mass is 19.4. The van der Waals surface area contributed by atoms with E-state index in [-0.39, 0.29) is 11.2 Å². The lowest BCUT2D eigenvalue weighted by molar-refractivity contribution is -0.192. The Morgan fingerprint density at radius 3 is 2.24 bits per heavy atom. The Balaban J connectivity index is 0.000000479. The van der Waals surface area contributed by atoms with Crippen LogP contribution < -0.4 is 21.5 Å². The summed E-state index contributed by atoms with van der Waals surface area (Å²) in [4.78, 5) is 41.5. The van der Waals surface area contributed by atoms with Crippen LogP contribution in [0.3, 0.4) is 0 Å². The fourth-order valence-corrected chi connectivity index (χ4v) is 3.33. The van der Waals surface area contributed by atoms with Crippen molar-refractivity contribution in [1.29, 1.82) is 0 Å². The van der Waals surface area contributed by atoms with E-state index in [1.54, 1.807) is 7.05 Å². The van der Waals surface area contributed by atoms with Crippen molar-refractivity contribution < 1.29 is 23.1 Å². The number of hydrogen-bond acceptors (Lipinski definition) is 6. The van der Waals surface area contributed by atoms with Gasteiger partial charge in [-0.2, -0.15) is 18.2 Å². The van der Waals surface area contributed by atoms with Gasteiger partial charge in [0.05, 0.1) is 0 Å². The SMILES string of the molecule is CCCn1c(=O)c2c(nc(N3CCNCC3)n2CC=C(C)C)n(C)c1=O.O=C(O)C(F)(F)F. The molecule has 0 atom stereocenters. The van der Waals surface area contributed by atoms with Crippen molar-refractivity contribution in [2.75, 3.05) is 31.1 Å². The second kappa shape index (κ2) is 10.7. The van der Waals surface area contributed by atoms with Crippen LogP contribution in [0.2, 0.25) is 0 Å². The van der Waals surface area contributed by atoms with Crippen molar-refractivity contribution in [2.45, 2.75) is 46.5 Å². The Kier molecular flexibility index (Phi) is 8.47. The fraction of sp³-hybridized carbons (Fsp3) is 0.600. The molecule has 3 rings (SSSR count). The number of carboxylic acids is 1. The number of imidazole rings is 1. The summed E-state index contributed by atoms with van der Waals surface area (Å²) in [6.07, 6.45) is -2.27. The van der Waals surface area contributed by atoms with Gasteiger partial charge in [-0.25, -0.2) is 9.59 Å². The molecule has 1 saturated heterocycles. The maximum absolute atomic E-state index is 13.1. The molecular formula is C20H29F3N6O4. The molecule has 0 amide bonds. The molecule has 33 heavy (non-hydrogen) atoms. The summed E-state index contributed by atoms with van der Waals surface area (Å²) >= 11 is 0. The maximum atomic E-state index is 13.1. The van der Waals surface area contributed by atoms with E-state index >= 15 is 0 Å². The third kappa shape index (κ3) is 6.03. The fourth-order valence-electron chi connectivity index (χ4n) is 3.33. The highest BCUT2D eigenvalue weighted by molar-refractivity contribution is 5.75.